The summed E-state index contributed by atoms with van der Waals surface area (Å²) in [5.41, 5.74) is -1.28. The van der Waals surface area contributed by atoms with Crippen molar-refractivity contribution in [1.29, 1.82) is 0 Å². The lowest BCUT2D eigenvalue weighted by Gasteiger charge is -2.20. The summed E-state index contributed by atoms with van der Waals surface area (Å²) in [6, 6.07) is 0.845. The summed E-state index contributed by atoms with van der Waals surface area (Å²) < 4.78 is 81.4. The fourth-order valence-corrected chi connectivity index (χ4v) is 1.60. The van der Waals surface area contributed by atoms with Crippen LogP contribution >= 0.6 is 0 Å². The second-order valence-electron chi connectivity index (χ2n) is 3.81. The SMILES string of the molecule is CC(=O)Oc1ccc(C(N)=O)c(C(F)(F)F)c1C(F)(F)F. The van der Waals surface area contributed by atoms with E-state index in [1.54, 1.807) is 0 Å². The van der Waals surface area contributed by atoms with Crippen LogP contribution in [0.1, 0.15) is 28.4 Å². The Labute approximate surface area is 113 Å². The van der Waals surface area contributed by atoms with Crippen molar-refractivity contribution in [3.63, 3.8) is 0 Å². The van der Waals surface area contributed by atoms with Crippen molar-refractivity contribution in [3.05, 3.63) is 28.8 Å². The molecule has 0 saturated carbocycles. The van der Waals surface area contributed by atoms with E-state index in [2.05, 4.69) is 10.5 Å². The first-order valence-electron chi connectivity index (χ1n) is 5.15. The number of alkyl halides is 6. The Bertz CT molecular complexity index is 591. The highest BCUT2D eigenvalue weighted by Crippen LogP contribution is 2.46. The number of benzene rings is 1. The molecule has 0 bridgehead atoms. The predicted octanol–water partition coefficient (Wildman–Crippen LogP) is 2.75. The fraction of sp³-hybridized carbons (Fsp3) is 0.273. The molecule has 1 rings (SSSR count). The van der Waals surface area contributed by atoms with Crippen LogP contribution in [0, 0.1) is 0 Å². The third-order valence-corrected chi connectivity index (χ3v) is 2.25. The molecule has 4 nitrogen and oxygen atoms in total. The van der Waals surface area contributed by atoms with Crippen LogP contribution in [0.15, 0.2) is 12.1 Å². The quantitative estimate of drug-likeness (QED) is 0.518. The molecule has 0 saturated heterocycles. The van der Waals surface area contributed by atoms with Gasteiger partial charge in [0.25, 0.3) is 0 Å². The van der Waals surface area contributed by atoms with Gasteiger partial charge in [0.1, 0.15) is 11.3 Å². The number of amides is 1. The Morgan fingerprint density at radius 1 is 1.00 bits per heavy atom. The largest absolute Gasteiger partial charge is 0.426 e. The standard InChI is InChI=1S/C11H7F6NO3/c1-4(19)21-6-3-2-5(9(18)20)7(10(12,13)14)8(6)11(15,16)17/h2-3H,1H3,(H2,18,20). The van der Waals surface area contributed by atoms with Crippen LogP contribution in [0.3, 0.4) is 0 Å². The van der Waals surface area contributed by atoms with Gasteiger partial charge in [0.2, 0.25) is 5.91 Å². The number of nitrogens with two attached hydrogens (primary N) is 1. The van der Waals surface area contributed by atoms with Gasteiger partial charge in [0, 0.05) is 6.92 Å². The van der Waals surface area contributed by atoms with Gasteiger partial charge in [0.05, 0.1) is 11.1 Å². The average Bonchev–Trinajstić information content (AvgIpc) is 2.24. The highest BCUT2D eigenvalue weighted by atomic mass is 19.4. The van der Waals surface area contributed by atoms with Crippen molar-refractivity contribution in [2.75, 3.05) is 0 Å². The molecule has 116 valence electrons. The summed E-state index contributed by atoms with van der Waals surface area (Å²) in [5.74, 6) is -4.30. The van der Waals surface area contributed by atoms with Crippen LogP contribution in [0.4, 0.5) is 26.3 Å². The van der Waals surface area contributed by atoms with Crippen molar-refractivity contribution in [3.8, 4) is 5.75 Å². The van der Waals surface area contributed by atoms with E-state index in [1.165, 1.54) is 0 Å². The molecule has 10 heteroatoms. The molecule has 0 radical (unpaired) electrons. The van der Waals surface area contributed by atoms with Crippen LogP contribution in [0.5, 0.6) is 5.75 Å². The first kappa shape index (κ1) is 16.8. The lowest BCUT2D eigenvalue weighted by Crippen LogP contribution is -2.25. The molecule has 0 fully saturated rings. The number of ether oxygens (including phenoxy) is 1. The number of esters is 1. The van der Waals surface area contributed by atoms with Gasteiger partial charge >= 0.3 is 18.3 Å². The van der Waals surface area contributed by atoms with E-state index in [4.69, 9.17) is 0 Å². The molecule has 0 heterocycles. The van der Waals surface area contributed by atoms with Crippen molar-refractivity contribution < 1.29 is 40.7 Å². The normalized spacial score (nSPS) is 12.1. The van der Waals surface area contributed by atoms with Crippen molar-refractivity contribution in [2.24, 2.45) is 5.73 Å². The number of primary amides is 1. The van der Waals surface area contributed by atoms with E-state index in [0.29, 0.717) is 12.1 Å². The van der Waals surface area contributed by atoms with Crippen LogP contribution in [-0.2, 0) is 17.1 Å². The summed E-state index contributed by atoms with van der Waals surface area (Å²) in [7, 11) is 0. The zero-order valence-electron chi connectivity index (χ0n) is 10.2. The second kappa shape index (κ2) is 5.26. The molecule has 0 aliphatic heterocycles. The van der Waals surface area contributed by atoms with Crippen LogP contribution in [0.2, 0.25) is 0 Å². The van der Waals surface area contributed by atoms with Gasteiger partial charge in [-0.15, -0.1) is 0 Å². The third-order valence-electron chi connectivity index (χ3n) is 2.25. The van der Waals surface area contributed by atoms with E-state index >= 15 is 0 Å². The third kappa shape index (κ3) is 3.64. The minimum absolute atomic E-state index is 0.415. The Balaban J connectivity index is 3.83. The van der Waals surface area contributed by atoms with Crippen LogP contribution in [-0.4, -0.2) is 11.9 Å². The number of halogens is 6. The number of rotatable bonds is 2. The lowest BCUT2D eigenvalue weighted by molar-refractivity contribution is -0.163. The number of hydrogen-bond acceptors (Lipinski definition) is 3. The molecule has 2 N–H and O–H groups in total. The van der Waals surface area contributed by atoms with Crippen LogP contribution in [0.25, 0.3) is 0 Å². The Hall–Kier alpha value is -2.26. The average molecular weight is 315 g/mol. The zero-order chi connectivity index (χ0) is 16.6. The molecule has 21 heavy (non-hydrogen) atoms. The summed E-state index contributed by atoms with van der Waals surface area (Å²) >= 11 is 0. The van der Waals surface area contributed by atoms with Crippen molar-refractivity contribution in [1.82, 2.24) is 0 Å². The lowest BCUT2D eigenvalue weighted by atomic mass is 9.98. The molecule has 0 atom stereocenters. The molecule has 0 aliphatic carbocycles. The molecule has 0 unspecified atom stereocenters. The molecular formula is C11H7F6NO3. The fourth-order valence-electron chi connectivity index (χ4n) is 1.60. The van der Waals surface area contributed by atoms with Gasteiger partial charge in [0.15, 0.2) is 0 Å². The summed E-state index contributed by atoms with van der Waals surface area (Å²) in [6.07, 6.45) is -11.0. The van der Waals surface area contributed by atoms with E-state index in [-0.39, 0.29) is 0 Å². The van der Waals surface area contributed by atoms with E-state index in [9.17, 15) is 35.9 Å². The molecule has 1 aromatic carbocycles. The van der Waals surface area contributed by atoms with E-state index in [0.717, 1.165) is 6.92 Å². The Morgan fingerprint density at radius 2 is 1.48 bits per heavy atom. The van der Waals surface area contributed by atoms with Crippen LogP contribution < -0.4 is 10.5 Å². The first-order chi connectivity index (χ1) is 9.35. The van der Waals surface area contributed by atoms with Crippen molar-refractivity contribution >= 4 is 11.9 Å². The smallest absolute Gasteiger partial charge is 0.420 e. The van der Waals surface area contributed by atoms with Gasteiger partial charge < -0.3 is 10.5 Å². The Morgan fingerprint density at radius 3 is 1.81 bits per heavy atom. The molecule has 1 aromatic rings. The molecule has 0 aliphatic rings. The summed E-state index contributed by atoms with van der Waals surface area (Å²) in [5, 5.41) is 0. The monoisotopic (exact) mass is 315 g/mol. The molecule has 0 aromatic heterocycles. The van der Waals surface area contributed by atoms with E-state index < -0.39 is 46.7 Å². The molecule has 0 spiro atoms. The maximum absolute atomic E-state index is 12.9. The van der Waals surface area contributed by atoms with Gasteiger partial charge in [-0.1, -0.05) is 0 Å². The van der Waals surface area contributed by atoms with Crippen molar-refractivity contribution in [2.45, 2.75) is 19.3 Å². The minimum Gasteiger partial charge on any atom is -0.426 e. The summed E-state index contributed by atoms with van der Waals surface area (Å²) in [6.45, 7) is 0.718. The van der Waals surface area contributed by atoms with Gasteiger partial charge in [-0.2, -0.15) is 26.3 Å². The first-order valence-corrected chi connectivity index (χ1v) is 5.15. The number of hydrogen-bond donors (Lipinski definition) is 1. The molecule has 1 amide bonds. The van der Waals surface area contributed by atoms with E-state index in [1.807, 2.05) is 0 Å². The number of carbonyl (C=O) groups is 2. The second-order valence-corrected chi connectivity index (χ2v) is 3.81. The maximum Gasteiger partial charge on any atom is 0.420 e. The Kier molecular flexibility index (Phi) is 4.21. The van der Waals surface area contributed by atoms with Gasteiger partial charge in [-0.25, -0.2) is 0 Å². The maximum atomic E-state index is 12.9. The minimum atomic E-state index is -5.52. The number of carbonyl (C=O) groups excluding carboxylic acids is 2. The topological polar surface area (TPSA) is 69.4 Å². The highest BCUT2D eigenvalue weighted by molar-refractivity contribution is 5.95. The van der Waals surface area contributed by atoms with Gasteiger partial charge in [-0.3, -0.25) is 9.59 Å². The zero-order valence-corrected chi connectivity index (χ0v) is 10.2. The molecular weight excluding hydrogens is 308 g/mol. The van der Waals surface area contributed by atoms with Gasteiger partial charge in [-0.05, 0) is 12.1 Å². The summed E-state index contributed by atoms with van der Waals surface area (Å²) in [4.78, 5) is 21.6. The highest BCUT2D eigenvalue weighted by Gasteiger charge is 2.48. The predicted molar refractivity (Wildman–Crippen MR) is 56.3 cm³/mol.